The number of aromatic nitrogens is 4. The minimum Gasteiger partial charge on any atom is -0.326 e. The third kappa shape index (κ3) is 3.38. The van der Waals surface area contributed by atoms with Crippen molar-refractivity contribution in [3.63, 3.8) is 0 Å². The molecule has 1 aromatic heterocycles. The summed E-state index contributed by atoms with van der Waals surface area (Å²) in [5.74, 6) is 0.465. The van der Waals surface area contributed by atoms with E-state index in [-0.39, 0.29) is 10.8 Å². The Balaban J connectivity index is 1.63. The first-order valence-electron chi connectivity index (χ1n) is 8.21. The fourth-order valence-electron chi connectivity index (χ4n) is 2.94. The van der Waals surface area contributed by atoms with Gasteiger partial charge in [0.05, 0.1) is 4.90 Å². The Kier molecular flexibility index (Phi) is 4.11. The number of hydrogen-bond donors (Lipinski definition) is 2. The summed E-state index contributed by atoms with van der Waals surface area (Å²) < 4.78 is 29.6. The molecule has 9 nitrogen and oxygen atoms in total. The largest absolute Gasteiger partial charge is 0.326 e. The van der Waals surface area contributed by atoms with Gasteiger partial charge in [0.1, 0.15) is 0 Å². The number of nitrogens with zero attached hydrogens (tertiary/aromatic N) is 4. The van der Waals surface area contributed by atoms with Gasteiger partial charge in [-0.15, -0.1) is 5.10 Å². The molecule has 2 N–H and O–H groups in total. The number of hydrogen-bond acceptors (Lipinski definition) is 6. The van der Waals surface area contributed by atoms with E-state index in [1.165, 1.54) is 10.7 Å². The van der Waals surface area contributed by atoms with Gasteiger partial charge < -0.3 is 5.32 Å². The van der Waals surface area contributed by atoms with Gasteiger partial charge in [0.25, 0.3) is 10.0 Å². The number of carbonyl (C=O) groups excluding carboxylic acids is 1. The van der Waals surface area contributed by atoms with E-state index < -0.39 is 10.0 Å². The third-order valence-electron chi connectivity index (χ3n) is 4.28. The van der Waals surface area contributed by atoms with Crippen LogP contribution in [0.1, 0.15) is 12.0 Å². The molecule has 0 radical (unpaired) electrons. The van der Waals surface area contributed by atoms with Crippen molar-refractivity contribution in [2.24, 2.45) is 7.05 Å². The standard InChI is InChI=1S/C17H16N6O3S/c1-23-17(19-21-22-23)12-3-2-4-13(9-12)20-27(25,26)14-6-7-15-11(10-14)5-8-16(24)18-15/h2-4,6-7,9-10,20H,5,8H2,1H3,(H,18,24). The smallest absolute Gasteiger partial charge is 0.261 e. The molecule has 0 spiro atoms. The van der Waals surface area contributed by atoms with Gasteiger partial charge in [-0.3, -0.25) is 9.52 Å². The van der Waals surface area contributed by atoms with Crippen LogP contribution in [0.5, 0.6) is 0 Å². The van der Waals surface area contributed by atoms with E-state index in [1.807, 2.05) is 0 Å². The molecule has 2 aromatic carbocycles. The number of amides is 1. The highest BCUT2D eigenvalue weighted by molar-refractivity contribution is 7.92. The maximum atomic E-state index is 12.8. The number of sulfonamides is 1. The van der Waals surface area contributed by atoms with Gasteiger partial charge in [-0.1, -0.05) is 12.1 Å². The minimum atomic E-state index is -3.78. The van der Waals surface area contributed by atoms with Crippen molar-refractivity contribution in [3.05, 3.63) is 48.0 Å². The first kappa shape index (κ1) is 17.2. The fourth-order valence-corrected chi connectivity index (χ4v) is 4.04. The van der Waals surface area contributed by atoms with Crippen LogP contribution in [0.2, 0.25) is 0 Å². The zero-order valence-corrected chi connectivity index (χ0v) is 15.2. The molecule has 0 fully saturated rings. The van der Waals surface area contributed by atoms with Crippen LogP contribution in [0.15, 0.2) is 47.4 Å². The number of fused-ring (bicyclic) bond motifs is 1. The molecule has 0 saturated heterocycles. The van der Waals surface area contributed by atoms with Crippen molar-refractivity contribution in [2.45, 2.75) is 17.7 Å². The van der Waals surface area contributed by atoms with Crippen LogP contribution in [0, 0.1) is 0 Å². The van der Waals surface area contributed by atoms with E-state index >= 15 is 0 Å². The molecule has 2 heterocycles. The molecule has 0 aliphatic carbocycles. The second-order valence-corrected chi connectivity index (χ2v) is 7.86. The Labute approximate surface area is 155 Å². The van der Waals surface area contributed by atoms with Crippen molar-refractivity contribution < 1.29 is 13.2 Å². The summed E-state index contributed by atoms with van der Waals surface area (Å²) in [6, 6.07) is 11.5. The maximum absolute atomic E-state index is 12.8. The Hall–Kier alpha value is -3.27. The lowest BCUT2D eigenvalue weighted by atomic mass is 10.0. The summed E-state index contributed by atoms with van der Waals surface area (Å²) in [5, 5.41) is 14.0. The monoisotopic (exact) mass is 384 g/mol. The molecule has 138 valence electrons. The summed E-state index contributed by atoms with van der Waals surface area (Å²) in [7, 11) is -2.07. The number of nitrogens with one attached hydrogen (secondary N) is 2. The van der Waals surface area contributed by atoms with Gasteiger partial charge in [-0.05, 0) is 52.7 Å². The second-order valence-electron chi connectivity index (χ2n) is 6.18. The molecule has 0 saturated carbocycles. The Bertz CT molecular complexity index is 1140. The number of tetrazole rings is 1. The normalized spacial score (nSPS) is 13.7. The lowest BCUT2D eigenvalue weighted by Crippen LogP contribution is -2.20. The van der Waals surface area contributed by atoms with Gasteiger partial charge in [-0.25, -0.2) is 13.1 Å². The highest BCUT2D eigenvalue weighted by Gasteiger charge is 2.20. The molecule has 1 amide bonds. The van der Waals surface area contributed by atoms with E-state index in [0.29, 0.717) is 35.6 Å². The summed E-state index contributed by atoms with van der Waals surface area (Å²) >= 11 is 0. The van der Waals surface area contributed by atoms with Gasteiger partial charge in [0, 0.05) is 30.4 Å². The zero-order chi connectivity index (χ0) is 19.0. The zero-order valence-electron chi connectivity index (χ0n) is 14.4. The quantitative estimate of drug-likeness (QED) is 0.705. The van der Waals surface area contributed by atoms with Gasteiger partial charge in [-0.2, -0.15) is 0 Å². The molecule has 1 aliphatic heterocycles. The van der Waals surface area contributed by atoms with Gasteiger partial charge in [0.2, 0.25) is 5.91 Å². The van der Waals surface area contributed by atoms with E-state index in [4.69, 9.17) is 0 Å². The fraction of sp³-hybridized carbons (Fsp3) is 0.176. The van der Waals surface area contributed by atoms with Gasteiger partial charge in [0.15, 0.2) is 5.82 Å². The van der Waals surface area contributed by atoms with Crippen molar-refractivity contribution in [2.75, 3.05) is 10.0 Å². The molecule has 0 unspecified atom stereocenters. The summed E-state index contributed by atoms with van der Waals surface area (Å²) in [4.78, 5) is 11.6. The van der Waals surface area contributed by atoms with Crippen molar-refractivity contribution >= 4 is 27.3 Å². The number of rotatable bonds is 4. The molecule has 4 rings (SSSR count). The van der Waals surface area contributed by atoms with Crippen molar-refractivity contribution in [1.82, 2.24) is 20.2 Å². The molecule has 27 heavy (non-hydrogen) atoms. The SMILES string of the molecule is Cn1nnnc1-c1cccc(NS(=O)(=O)c2ccc3c(c2)CCC(=O)N3)c1. The molecule has 10 heteroatoms. The average Bonchev–Trinajstić information content (AvgIpc) is 3.07. The molecule has 1 aliphatic rings. The first-order valence-corrected chi connectivity index (χ1v) is 9.69. The first-order chi connectivity index (χ1) is 12.9. The Morgan fingerprint density at radius 3 is 2.78 bits per heavy atom. The van der Waals surface area contributed by atoms with Gasteiger partial charge >= 0.3 is 0 Å². The lowest BCUT2D eigenvalue weighted by molar-refractivity contribution is -0.116. The highest BCUT2D eigenvalue weighted by Crippen LogP contribution is 2.27. The Morgan fingerprint density at radius 2 is 2.00 bits per heavy atom. The summed E-state index contributed by atoms with van der Waals surface area (Å²) in [6.07, 6.45) is 0.858. The number of carbonyl (C=O) groups is 1. The predicted molar refractivity (Wildman–Crippen MR) is 98.4 cm³/mol. The summed E-state index contributed by atoms with van der Waals surface area (Å²) in [5.41, 5.74) is 2.55. The number of benzene rings is 2. The van der Waals surface area contributed by atoms with Crippen LogP contribution in [-0.4, -0.2) is 34.5 Å². The molecule has 0 bridgehead atoms. The molecule has 3 aromatic rings. The highest BCUT2D eigenvalue weighted by atomic mass is 32.2. The molecular formula is C17H16N6O3S. The minimum absolute atomic E-state index is 0.0636. The third-order valence-corrected chi connectivity index (χ3v) is 5.65. The Morgan fingerprint density at radius 1 is 1.15 bits per heavy atom. The average molecular weight is 384 g/mol. The van der Waals surface area contributed by atoms with E-state index in [1.54, 1.807) is 43.4 Å². The summed E-state index contributed by atoms with van der Waals surface area (Å²) in [6.45, 7) is 0. The lowest BCUT2D eigenvalue weighted by Gasteiger charge is -2.18. The van der Waals surface area contributed by atoms with Crippen LogP contribution >= 0.6 is 0 Å². The van der Waals surface area contributed by atoms with Crippen molar-refractivity contribution in [3.8, 4) is 11.4 Å². The maximum Gasteiger partial charge on any atom is 0.261 e. The number of aryl methyl sites for hydroxylation is 2. The number of anilines is 2. The molecular weight excluding hydrogens is 368 g/mol. The second kappa shape index (κ2) is 6.47. The molecule has 0 atom stereocenters. The predicted octanol–water partition coefficient (Wildman–Crippen LogP) is 1.56. The van der Waals surface area contributed by atoms with Crippen LogP contribution in [0.25, 0.3) is 11.4 Å². The van der Waals surface area contributed by atoms with Crippen LogP contribution in [-0.2, 0) is 28.3 Å². The van der Waals surface area contributed by atoms with E-state index in [0.717, 1.165) is 5.56 Å². The van der Waals surface area contributed by atoms with E-state index in [2.05, 4.69) is 25.6 Å². The van der Waals surface area contributed by atoms with Crippen LogP contribution < -0.4 is 10.0 Å². The van der Waals surface area contributed by atoms with Crippen LogP contribution in [0.3, 0.4) is 0 Å². The topological polar surface area (TPSA) is 119 Å². The van der Waals surface area contributed by atoms with Crippen LogP contribution in [0.4, 0.5) is 11.4 Å². The van der Waals surface area contributed by atoms with Crippen molar-refractivity contribution in [1.29, 1.82) is 0 Å². The van der Waals surface area contributed by atoms with E-state index in [9.17, 15) is 13.2 Å².